The van der Waals surface area contributed by atoms with Gasteiger partial charge in [0.25, 0.3) is 0 Å². The zero-order chi connectivity index (χ0) is 12.2. The Labute approximate surface area is 95.4 Å². The second-order valence-electron chi connectivity index (χ2n) is 3.08. The third-order valence-electron chi connectivity index (χ3n) is 1.86. The quantitative estimate of drug-likeness (QED) is 0.453. The SMILES string of the molecule is CCC(COC(=O)O)OCCOCCOC. The van der Waals surface area contributed by atoms with Crippen LogP contribution in [0.25, 0.3) is 0 Å². The van der Waals surface area contributed by atoms with E-state index < -0.39 is 6.16 Å². The van der Waals surface area contributed by atoms with Crippen LogP contribution in [-0.2, 0) is 18.9 Å². The van der Waals surface area contributed by atoms with Gasteiger partial charge in [-0.05, 0) is 6.42 Å². The number of carbonyl (C=O) groups is 1. The topological polar surface area (TPSA) is 74.2 Å². The second-order valence-corrected chi connectivity index (χ2v) is 3.08. The first-order chi connectivity index (χ1) is 7.70. The Morgan fingerprint density at radius 2 is 1.94 bits per heavy atom. The maximum Gasteiger partial charge on any atom is 0.505 e. The van der Waals surface area contributed by atoms with Gasteiger partial charge in [-0.25, -0.2) is 4.79 Å². The summed E-state index contributed by atoms with van der Waals surface area (Å²) in [5.74, 6) is 0. The lowest BCUT2D eigenvalue weighted by molar-refractivity contribution is -0.0358. The lowest BCUT2D eigenvalue weighted by atomic mass is 10.3. The highest BCUT2D eigenvalue weighted by molar-refractivity contribution is 5.56. The fourth-order valence-corrected chi connectivity index (χ4v) is 0.966. The van der Waals surface area contributed by atoms with Crippen LogP contribution < -0.4 is 0 Å². The maximum absolute atomic E-state index is 10.2. The van der Waals surface area contributed by atoms with E-state index in [1.807, 2.05) is 6.92 Å². The summed E-state index contributed by atoms with van der Waals surface area (Å²) in [6.45, 7) is 3.94. The van der Waals surface area contributed by atoms with E-state index in [0.717, 1.165) is 0 Å². The predicted octanol–water partition coefficient (Wildman–Crippen LogP) is 1.14. The average Bonchev–Trinajstić information content (AvgIpc) is 2.27. The van der Waals surface area contributed by atoms with Gasteiger partial charge in [0, 0.05) is 7.11 Å². The monoisotopic (exact) mass is 236 g/mol. The van der Waals surface area contributed by atoms with Crippen LogP contribution in [0.2, 0.25) is 0 Å². The number of rotatable bonds is 10. The van der Waals surface area contributed by atoms with Gasteiger partial charge < -0.3 is 24.1 Å². The predicted molar refractivity (Wildman–Crippen MR) is 56.7 cm³/mol. The smallest absolute Gasteiger partial charge is 0.450 e. The molecule has 6 heteroatoms. The molecule has 0 heterocycles. The molecule has 0 saturated heterocycles. The van der Waals surface area contributed by atoms with Crippen molar-refractivity contribution in [2.24, 2.45) is 0 Å². The Kier molecular flexibility index (Phi) is 10.1. The van der Waals surface area contributed by atoms with Crippen LogP contribution in [0.15, 0.2) is 0 Å². The minimum absolute atomic E-state index is 0.0594. The van der Waals surface area contributed by atoms with Crippen molar-refractivity contribution >= 4 is 6.16 Å². The molecule has 0 aromatic carbocycles. The van der Waals surface area contributed by atoms with Crippen molar-refractivity contribution in [2.45, 2.75) is 19.4 Å². The van der Waals surface area contributed by atoms with Crippen LogP contribution in [0.1, 0.15) is 13.3 Å². The molecular formula is C10H20O6. The molecule has 1 unspecified atom stereocenters. The van der Waals surface area contributed by atoms with Crippen molar-refractivity contribution in [1.29, 1.82) is 0 Å². The number of hydrogen-bond donors (Lipinski definition) is 1. The first-order valence-electron chi connectivity index (χ1n) is 5.24. The molecule has 16 heavy (non-hydrogen) atoms. The Bertz CT molecular complexity index is 173. The highest BCUT2D eigenvalue weighted by Gasteiger charge is 2.09. The summed E-state index contributed by atoms with van der Waals surface area (Å²) in [6.07, 6.45) is -0.786. The van der Waals surface area contributed by atoms with E-state index >= 15 is 0 Å². The molecule has 0 rings (SSSR count). The molecule has 0 aromatic heterocycles. The molecule has 1 N–H and O–H groups in total. The van der Waals surface area contributed by atoms with Crippen LogP contribution >= 0.6 is 0 Å². The molecule has 0 amide bonds. The Morgan fingerprint density at radius 3 is 2.50 bits per heavy atom. The lowest BCUT2D eigenvalue weighted by Gasteiger charge is -2.15. The van der Waals surface area contributed by atoms with Crippen molar-refractivity contribution in [3.05, 3.63) is 0 Å². The van der Waals surface area contributed by atoms with Gasteiger partial charge in [-0.1, -0.05) is 6.92 Å². The molecule has 0 aliphatic rings. The zero-order valence-corrected chi connectivity index (χ0v) is 9.81. The normalized spacial score (nSPS) is 12.4. The third-order valence-corrected chi connectivity index (χ3v) is 1.86. The van der Waals surface area contributed by atoms with Crippen molar-refractivity contribution in [2.75, 3.05) is 40.1 Å². The first kappa shape index (κ1) is 15.2. The van der Waals surface area contributed by atoms with Crippen LogP contribution in [0.3, 0.4) is 0 Å². The molecule has 0 spiro atoms. The number of hydrogen-bond acceptors (Lipinski definition) is 5. The fourth-order valence-electron chi connectivity index (χ4n) is 0.966. The molecule has 0 aliphatic heterocycles. The third kappa shape index (κ3) is 9.70. The Morgan fingerprint density at radius 1 is 1.25 bits per heavy atom. The minimum Gasteiger partial charge on any atom is -0.450 e. The van der Waals surface area contributed by atoms with Crippen LogP contribution in [0.5, 0.6) is 0 Å². The van der Waals surface area contributed by atoms with E-state index in [9.17, 15) is 4.79 Å². The average molecular weight is 236 g/mol. The zero-order valence-electron chi connectivity index (χ0n) is 9.81. The Hall–Kier alpha value is -0.850. The summed E-state index contributed by atoms with van der Waals surface area (Å²) >= 11 is 0. The molecule has 0 fully saturated rings. The Balaban J connectivity index is 3.37. The van der Waals surface area contributed by atoms with Gasteiger partial charge >= 0.3 is 6.16 Å². The number of ether oxygens (including phenoxy) is 4. The second kappa shape index (κ2) is 10.7. The molecule has 0 bridgehead atoms. The highest BCUT2D eigenvalue weighted by Crippen LogP contribution is 1.99. The minimum atomic E-state index is -1.28. The molecule has 0 aliphatic carbocycles. The van der Waals surface area contributed by atoms with E-state index in [-0.39, 0.29) is 12.7 Å². The summed E-state index contributed by atoms with van der Waals surface area (Å²) in [7, 11) is 1.61. The van der Waals surface area contributed by atoms with Gasteiger partial charge in [0.05, 0.1) is 32.5 Å². The van der Waals surface area contributed by atoms with Gasteiger partial charge in [-0.2, -0.15) is 0 Å². The fraction of sp³-hybridized carbons (Fsp3) is 0.900. The molecule has 0 saturated carbocycles. The molecular weight excluding hydrogens is 216 g/mol. The summed E-state index contributed by atoms with van der Waals surface area (Å²) in [6, 6.07) is 0. The molecule has 96 valence electrons. The number of methoxy groups -OCH3 is 1. The highest BCUT2D eigenvalue weighted by atomic mass is 16.7. The van der Waals surface area contributed by atoms with Gasteiger partial charge in [0.15, 0.2) is 0 Å². The summed E-state index contributed by atoms with van der Waals surface area (Å²) < 4.78 is 19.8. The van der Waals surface area contributed by atoms with Crippen LogP contribution in [0.4, 0.5) is 4.79 Å². The summed E-state index contributed by atoms with van der Waals surface area (Å²) in [4.78, 5) is 10.2. The van der Waals surface area contributed by atoms with Crippen molar-refractivity contribution in [1.82, 2.24) is 0 Å². The molecule has 0 radical (unpaired) electrons. The largest absolute Gasteiger partial charge is 0.505 e. The molecule has 1 atom stereocenters. The van der Waals surface area contributed by atoms with Crippen molar-refractivity contribution in [3.8, 4) is 0 Å². The lowest BCUT2D eigenvalue weighted by Crippen LogP contribution is -2.23. The molecule has 0 aromatic rings. The van der Waals surface area contributed by atoms with Crippen molar-refractivity contribution in [3.63, 3.8) is 0 Å². The number of carboxylic acid groups (broad SMARTS) is 1. The maximum atomic E-state index is 10.2. The summed E-state index contributed by atoms with van der Waals surface area (Å²) in [5, 5.41) is 8.31. The summed E-state index contributed by atoms with van der Waals surface area (Å²) in [5.41, 5.74) is 0. The van der Waals surface area contributed by atoms with Gasteiger partial charge in [0.2, 0.25) is 0 Å². The van der Waals surface area contributed by atoms with E-state index in [4.69, 9.17) is 19.3 Å². The van der Waals surface area contributed by atoms with Gasteiger partial charge in [-0.3, -0.25) is 0 Å². The van der Waals surface area contributed by atoms with Crippen LogP contribution in [0, 0.1) is 0 Å². The first-order valence-corrected chi connectivity index (χ1v) is 5.24. The van der Waals surface area contributed by atoms with Crippen molar-refractivity contribution < 1.29 is 28.8 Å². The van der Waals surface area contributed by atoms with E-state index in [1.165, 1.54) is 0 Å². The van der Waals surface area contributed by atoms with E-state index in [1.54, 1.807) is 7.11 Å². The van der Waals surface area contributed by atoms with E-state index in [0.29, 0.717) is 32.8 Å². The van der Waals surface area contributed by atoms with Gasteiger partial charge in [0.1, 0.15) is 6.61 Å². The standard InChI is InChI=1S/C10H20O6/c1-3-9(8-16-10(11)12)15-7-6-14-5-4-13-2/h9H,3-8H2,1-2H3,(H,11,12). The van der Waals surface area contributed by atoms with Gasteiger partial charge in [-0.15, -0.1) is 0 Å². The molecule has 6 nitrogen and oxygen atoms in total. The van der Waals surface area contributed by atoms with E-state index in [2.05, 4.69) is 4.74 Å². The van der Waals surface area contributed by atoms with Crippen LogP contribution in [-0.4, -0.2) is 57.5 Å².